The number of thiazole rings is 1. The van der Waals surface area contributed by atoms with Gasteiger partial charge in [0.25, 0.3) is 0 Å². The zero-order valence-corrected chi connectivity index (χ0v) is 13.5. The molecule has 2 N–H and O–H groups in total. The van der Waals surface area contributed by atoms with E-state index < -0.39 is 0 Å². The van der Waals surface area contributed by atoms with Crippen molar-refractivity contribution in [3.8, 4) is 17.0 Å². The van der Waals surface area contributed by atoms with Crippen LogP contribution in [0.1, 0.15) is 32.1 Å². The molecule has 0 radical (unpaired) electrons. The Balaban J connectivity index is 1.87. The predicted octanol–water partition coefficient (Wildman–Crippen LogP) is 3.16. The minimum absolute atomic E-state index is 0.712. The van der Waals surface area contributed by atoms with Crippen molar-refractivity contribution in [3.63, 3.8) is 0 Å². The van der Waals surface area contributed by atoms with E-state index in [9.17, 15) is 0 Å². The average Bonchev–Trinajstić information content (AvgIpc) is 2.95. The van der Waals surface area contributed by atoms with Crippen LogP contribution in [-0.4, -0.2) is 17.5 Å². The molecule has 6 heteroatoms. The summed E-state index contributed by atoms with van der Waals surface area (Å²) in [5.41, 5.74) is 3.15. The lowest BCUT2D eigenvalue weighted by molar-refractivity contribution is 0.415. The van der Waals surface area contributed by atoms with Gasteiger partial charge in [0.15, 0.2) is 0 Å². The van der Waals surface area contributed by atoms with E-state index >= 15 is 0 Å². The zero-order chi connectivity index (χ0) is 15.4. The van der Waals surface area contributed by atoms with Crippen LogP contribution >= 0.6 is 11.3 Å². The van der Waals surface area contributed by atoms with E-state index in [2.05, 4.69) is 10.2 Å². The van der Waals surface area contributed by atoms with E-state index in [1.54, 1.807) is 11.8 Å². The Bertz CT molecular complexity index is 719. The molecule has 0 saturated heterocycles. The first-order chi connectivity index (χ1) is 10.8. The maximum atomic E-state index is 6.15. The lowest BCUT2D eigenvalue weighted by atomic mass is 9.99. The Morgan fingerprint density at radius 3 is 2.50 bits per heavy atom. The summed E-state index contributed by atoms with van der Waals surface area (Å²) < 4.78 is 6.77. The minimum Gasteiger partial charge on any atom is -0.497 e. The van der Waals surface area contributed by atoms with Gasteiger partial charge in [-0.05, 0) is 49.9 Å². The molecule has 1 aromatic carbocycles. The van der Waals surface area contributed by atoms with E-state index in [-0.39, 0.29) is 0 Å². The van der Waals surface area contributed by atoms with Gasteiger partial charge in [-0.3, -0.25) is 0 Å². The first-order valence-electron chi connectivity index (χ1n) is 7.47. The molecular weight excluding hydrogens is 296 g/mol. The third-order valence-electron chi connectivity index (χ3n) is 3.84. The lowest BCUT2D eigenvalue weighted by Gasteiger charge is -2.09. The minimum atomic E-state index is 0.712. The molecule has 0 amide bonds. The lowest BCUT2D eigenvalue weighted by Crippen LogP contribution is -2.23. The van der Waals surface area contributed by atoms with E-state index in [0.29, 0.717) is 4.80 Å². The van der Waals surface area contributed by atoms with Gasteiger partial charge in [-0.25, -0.2) is 4.68 Å². The monoisotopic (exact) mass is 316 g/mol. The van der Waals surface area contributed by atoms with Gasteiger partial charge in [-0.2, -0.15) is 5.10 Å². The molecule has 0 atom stereocenters. The molecule has 22 heavy (non-hydrogen) atoms. The number of ether oxygens (including phenoxy) is 1. The third kappa shape index (κ3) is 3.22. The van der Waals surface area contributed by atoms with Crippen LogP contribution in [0.5, 0.6) is 5.75 Å². The van der Waals surface area contributed by atoms with Crippen molar-refractivity contribution in [2.75, 3.05) is 13.0 Å². The summed E-state index contributed by atoms with van der Waals surface area (Å²) in [7, 11) is 1.66. The van der Waals surface area contributed by atoms with Gasteiger partial charge in [0.05, 0.1) is 12.8 Å². The summed E-state index contributed by atoms with van der Waals surface area (Å²) >= 11 is 1.50. The second-order valence-electron chi connectivity index (χ2n) is 5.33. The number of nitrogens with two attached hydrogens (primary N) is 1. The molecule has 1 saturated carbocycles. The smallest absolute Gasteiger partial charge is 0.229 e. The Kier molecular flexibility index (Phi) is 4.58. The van der Waals surface area contributed by atoms with Gasteiger partial charge in [0, 0.05) is 16.7 Å². The Labute approximate surface area is 133 Å². The molecule has 0 spiro atoms. The summed E-state index contributed by atoms with van der Waals surface area (Å²) in [5, 5.41) is 10.7. The van der Waals surface area contributed by atoms with Crippen molar-refractivity contribution < 1.29 is 4.74 Å². The highest BCUT2D eigenvalue weighted by Gasteiger charge is 2.08. The SMILES string of the molecule is COc1ccc(-c2cs/c(=N\N=C3CCCCC3)n2N)cc1. The summed E-state index contributed by atoms with van der Waals surface area (Å²) in [6.07, 6.45) is 5.86. The second-order valence-corrected chi connectivity index (χ2v) is 6.17. The second kappa shape index (κ2) is 6.79. The summed E-state index contributed by atoms with van der Waals surface area (Å²) in [6, 6.07) is 7.82. The van der Waals surface area contributed by atoms with E-state index in [1.807, 2.05) is 29.6 Å². The number of benzene rings is 1. The molecule has 3 rings (SSSR count). The van der Waals surface area contributed by atoms with Crippen LogP contribution in [0.2, 0.25) is 0 Å². The fourth-order valence-electron chi connectivity index (χ4n) is 2.54. The van der Waals surface area contributed by atoms with E-state index in [0.717, 1.165) is 29.8 Å². The molecule has 1 fully saturated rings. The van der Waals surface area contributed by atoms with Crippen LogP contribution in [-0.2, 0) is 0 Å². The first kappa shape index (κ1) is 14.8. The maximum Gasteiger partial charge on any atom is 0.229 e. The quantitative estimate of drug-likeness (QED) is 0.698. The number of nitrogen functional groups attached to an aromatic ring is 1. The third-order valence-corrected chi connectivity index (χ3v) is 4.67. The molecule has 1 aromatic heterocycles. The number of methoxy groups -OCH3 is 1. The predicted molar refractivity (Wildman–Crippen MR) is 90.5 cm³/mol. The highest BCUT2D eigenvalue weighted by atomic mass is 32.1. The highest BCUT2D eigenvalue weighted by Crippen LogP contribution is 2.21. The van der Waals surface area contributed by atoms with Crippen molar-refractivity contribution in [1.82, 2.24) is 4.68 Å². The van der Waals surface area contributed by atoms with Crippen LogP contribution in [0.4, 0.5) is 0 Å². The molecule has 2 aromatic rings. The van der Waals surface area contributed by atoms with Gasteiger partial charge < -0.3 is 10.6 Å². The number of hydrogen-bond acceptors (Lipinski definition) is 5. The van der Waals surface area contributed by atoms with Gasteiger partial charge in [-0.15, -0.1) is 16.4 Å². The molecule has 0 unspecified atom stereocenters. The normalized spacial score (nSPS) is 15.9. The largest absolute Gasteiger partial charge is 0.497 e. The molecule has 0 aliphatic heterocycles. The maximum absolute atomic E-state index is 6.15. The molecule has 1 heterocycles. The molecule has 0 bridgehead atoms. The van der Waals surface area contributed by atoms with Gasteiger partial charge in [0.1, 0.15) is 5.75 Å². The standard InChI is InChI=1S/C16H20N4OS/c1-21-14-9-7-12(8-10-14)15-11-22-16(20(15)17)19-18-13-5-3-2-4-6-13/h7-11H,2-6,17H2,1H3/b19-16-. The summed E-state index contributed by atoms with van der Waals surface area (Å²) in [6.45, 7) is 0. The van der Waals surface area contributed by atoms with Crippen molar-refractivity contribution in [2.45, 2.75) is 32.1 Å². The van der Waals surface area contributed by atoms with Crippen LogP contribution in [0.15, 0.2) is 39.8 Å². The Hall–Kier alpha value is -2.08. The van der Waals surface area contributed by atoms with Crippen molar-refractivity contribution >= 4 is 17.0 Å². The molecule has 1 aliphatic rings. The summed E-state index contributed by atoms with van der Waals surface area (Å²) in [4.78, 5) is 0.712. The molecule has 1 aliphatic carbocycles. The van der Waals surface area contributed by atoms with Crippen LogP contribution < -0.4 is 15.4 Å². The van der Waals surface area contributed by atoms with Crippen molar-refractivity contribution in [1.29, 1.82) is 0 Å². The zero-order valence-electron chi connectivity index (χ0n) is 12.7. The highest BCUT2D eigenvalue weighted by molar-refractivity contribution is 7.07. The Morgan fingerprint density at radius 1 is 1.09 bits per heavy atom. The summed E-state index contributed by atoms with van der Waals surface area (Å²) in [5.74, 6) is 6.98. The van der Waals surface area contributed by atoms with Crippen LogP contribution in [0, 0.1) is 0 Å². The first-order valence-corrected chi connectivity index (χ1v) is 8.35. The number of hydrogen-bond donors (Lipinski definition) is 1. The number of nitrogens with zero attached hydrogens (tertiary/aromatic N) is 3. The van der Waals surface area contributed by atoms with E-state index in [4.69, 9.17) is 10.6 Å². The van der Waals surface area contributed by atoms with Gasteiger partial charge >= 0.3 is 0 Å². The van der Waals surface area contributed by atoms with Crippen molar-refractivity contribution in [3.05, 3.63) is 34.4 Å². The molecule has 5 nitrogen and oxygen atoms in total. The topological polar surface area (TPSA) is 64.9 Å². The van der Waals surface area contributed by atoms with Crippen LogP contribution in [0.3, 0.4) is 0 Å². The van der Waals surface area contributed by atoms with Crippen LogP contribution in [0.25, 0.3) is 11.3 Å². The number of aromatic nitrogens is 1. The average molecular weight is 316 g/mol. The van der Waals surface area contributed by atoms with Crippen molar-refractivity contribution in [2.24, 2.45) is 10.2 Å². The van der Waals surface area contributed by atoms with Gasteiger partial charge in [-0.1, -0.05) is 6.42 Å². The molecule has 116 valence electrons. The molecular formula is C16H20N4OS. The van der Waals surface area contributed by atoms with E-state index in [1.165, 1.54) is 36.3 Å². The fourth-order valence-corrected chi connectivity index (χ4v) is 3.31. The Morgan fingerprint density at radius 2 is 1.82 bits per heavy atom. The van der Waals surface area contributed by atoms with Gasteiger partial charge in [0.2, 0.25) is 4.80 Å². The number of rotatable bonds is 3. The fraction of sp³-hybridized carbons (Fsp3) is 0.375.